The molecule has 0 spiro atoms. The van der Waals surface area contributed by atoms with Gasteiger partial charge in [-0.1, -0.05) is 37.3 Å². The third-order valence-corrected chi connectivity index (χ3v) is 6.75. The lowest BCUT2D eigenvalue weighted by atomic mass is 9.88. The zero-order valence-electron chi connectivity index (χ0n) is 15.8. The minimum atomic E-state index is -0.310. The molecule has 1 fully saturated rings. The quantitative estimate of drug-likeness (QED) is 0.755. The summed E-state index contributed by atoms with van der Waals surface area (Å²) in [4.78, 5) is 26.6. The number of benzene rings is 1. The van der Waals surface area contributed by atoms with Gasteiger partial charge in [-0.2, -0.15) is 0 Å². The van der Waals surface area contributed by atoms with E-state index in [0.29, 0.717) is 23.1 Å². The van der Waals surface area contributed by atoms with Crippen molar-refractivity contribution in [1.82, 2.24) is 0 Å². The van der Waals surface area contributed by atoms with Crippen molar-refractivity contribution >= 4 is 28.2 Å². The summed E-state index contributed by atoms with van der Waals surface area (Å²) in [6.45, 7) is 4.39. The highest BCUT2D eigenvalue weighted by atomic mass is 32.1. The SMILES string of the molecule is CCOC(=O)c1c(NC(=O)C2CC2c2ccccc2)sc2c1CCC(C)C2. The van der Waals surface area contributed by atoms with Crippen LogP contribution >= 0.6 is 11.3 Å². The maximum absolute atomic E-state index is 12.8. The van der Waals surface area contributed by atoms with Crippen molar-refractivity contribution in [3.8, 4) is 0 Å². The van der Waals surface area contributed by atoms with Gasteiger partial charge in [-0.05, 0) is 55.6 Å². The Morgan fingerprint density at radius 1 is 1.26 bits per heavy atom. The molecule has 1 aromatic carbocycles. The Balaban J connectivity index is 1.55. The van der Waals surface area contributed by atoms with E-state index in [1.165, 1.54) is 10.4 Å². The summed E-state index contributed by atoms with van der Waals surface area (Å²) in [7, 11) is 0. The highest BCUT2D eigenvalue weighted by molar-refractivity contribution is 7.17. The molecule has 5 heteroatoms. The van der Waals surface area contributed by atoms with Crippen LogP contribution in [0.2, 0.25) is 0 Å². The fourth-order valence-electron chi connectivity index (χ4n) is 4.02. The monoisotopic (exact) mass is 383 g/mol. The first-order valence-corrected chi connectivity index (χ1v) is 10.6. The van der Waals surface area contributed by atoms with Crippen LogP contribution in [0.4, 0.5) is 5.00 Å². The van der Waals surface area contributed by atoms with Gasteiger partial charge in [0.1, 0.15) is 5.00 Å². The summed E-state index contributed by atoms with van der Waals surface area (Å²) in [5.41, 5.74) is 2.89. The van der Waals surface area contributed by atoms with Crippen molar-refractivity contribution in [1.29, 1.82) is 0 Å². The van der Waals surface area contributed by atoms with E-state index in [2.05, 4.69) is 24.4 Å². The van der Waals surface area contributed by atoms with Crippen LogP contribution in [0, 0.1) is 11.8 Å². The standard InChI is InChI=1S/C22H25NO3S/c1-3-26-22(25)19-15-10-9-13(2)11-18(15)27-21(19)23-20(24)17-12-16(17)14-7-5-4-6-8-14/h4-8,13,16-17H,3,9-12H2,1-2H3,(H,23,24). The molecule has 1 amide bonds. The molecule has 4 nitrogen and oxygen atoms in total. The number of rotatable bonds is 5. The molecule has 0 saturated heterocycles. The van der Waals surface area contributed by atoms with Crippen molar-refractivity contribution in [2.24, 2.45) is 11.8 Å². The normalized spacial score (nSPS) is 23.4. The van der Waals surface area contributed by atoms with Gasteiger partial charge in [-0.3, -0.25) is 4.79 Å². The first kappa shape index (κ1) is 18.2. The molecular weight excluding hydrogens is 358 g/mol. The maximum atomic E-state index is 12.8. The molecule has 1 N–H and O–H groups in total. The lowest BCUT2D eigenvalue weighted by Crippen LogP contribution is -2.18. The molecule has 2 aliphatic rings. The molecule has 0 radical (unpaired) electrons. The van der Waals surface area contributed by atoms with Crippen LogP contribution in [0.25, 0.3) is 0 Å². The third-order valence-electron chi connectivity index (χ3n) is 5.58. The van der Waals surface area contributed by atoms with Gasteiger partial charge in [0.05, 0.1) is 12.2 Å². The van der Waals surface area contributed by atoms with Gasteiger partial charge in [0.25, 0.3) is 0 Å². The Labute approximate surface area is 163 Å². The van der Waals surface area contributed by atoms with E-state index in [1.54, 1.807) is 11.3 Å². The summed E-state index contributed by atoms with van der Waals surface area (Å²) in [5, 5.41) is 3.74. The molecule has 2 aliphatic carbocycles. The number of carbonyl (C=O) groups excluding carboxylic acids is 2. The predicted octanol–water partition coefficient (Wildman–Crippen LogP) is 4.79. The molecule has 3 unspecified atom stereocenters. The van der Waals surface area contributed by atoms with Crippen molar-refractivity contribution in [2.45, 2.75) is 45.4 Å². The average Bonchev–Trinajstić information content (AvgIpc) is 3.38. The first-order chi connectivity index (χ1) is 13.1. The summed E-state index contributed by atoms with van der Waals surface area (Å²) in [5.74, 6) is 0.587. The van der Waals surface area contributed by atoms with Gasteiger partial charge in [-0.25, -0.2) is 4.79 Å². The Morgan fingerprint density at radius 3 is 2.78 bits per heavy atom. The fraction of sp³-hybridized carbons (Fsp3) is 0.455. The summed E-state index contributed by atoms with van der Waals surface area (Å²) in [6.07, 6.45) is 3.79. The second-order valence-electron chi connectivity index (χ2n) is 7.62. The number of hydrogen-bond acceptors (Lipinski definition) is 4. The number of anilines is 1. The van der Waals surface area contributed by atoms with Crippen LogP contribution < -0.4 is 5.32 Å². The maximum Gasteiger partial charge on any atom is 0.341 e. The molecule has 4 rings (SSSR count). The minimum absolute atomic E-state index is 0.0134. The molecule has 27 heavy (non-hydrogen) atoms. The zero-order valence-corrected chi connectivity index (χ0v) is 16.6. The number of nitrogens with one attached hydrogen (secondary N) is 1. The van der Waals surface area contributed by atoms with Crippen LogP contribution in [-0.4, -0.2) is 18.5 Å². The van der Waals surface area contributed by atoms with Gasteiger partial charge in [0.15, 0.2) is 0 Å². The van der Waals surface area contributed by atoms with Crippen molar-refractivity contribution in [3.05, 3.63) is 51.9 Å². The predicted molar refractivity (Wildman–Crippen MR) is 107 cm³/mol. The van der Waals surface area contributed by atoms with E-state index in [1.807, 2.05) is 25.1 Å². The van der Waals surface area contributed by atoms with E-state index < -0.39 is 0 Å². The molecule has 0 bridgehead atoms. The van der Waals surface area contributed by atoms with E-state index in [4.69, 9.17) is 4.74 Å². The van der Waals surface area contributed by atoms with E-state index in [9.17, 15) is 9.59 Å². The topological polar surface area (TPSA) is 55.4 Å². The van der Waals surface area contributed by atoms with E-state index >= 15 is 0 Å². The molecule has 2 aromatic rings. The van der Waals surface area contributed by atoms with Gasteiger partial charge in [0, 0.05) is 10.8 Å². The molecule has 0 aliphatic heterocycles. The van der Waals surface area contributed by atoms with Crippen molar-refractivity contribution in [2.75, 3.05) is 11.9 Å². The largest absolute Gasteiger partial charge is 0.462 e. The molecule has 1 heterocycles. The Bertz CT molecular complexity index is 858. The lowest BCUT2D eigenvalue weighted by molar-refractivity contribution is -0.117. The van der Waals surface area contributed by atoms with Crippen LogP contribution in [0.5, 0.6) is 0 Å². The second-order valence-corrected chi connectivity index (χ2v) is 8.73. The summed E-state index contributed by atoms with van der Waals surface area (Å²) < 4.78 is 5.28. The van der Waals surface area contributed by atoms with Gasteiger partial charge in [0.2, 0.25) is 5.91 Å². The summed E-state index contributed by atoms with van der Waals surface area (Å²) in [6, 6.07) is 10.2. The Morgan fingerprint density at radius 2 is 2.04 bits per heavy atom. The van der Waals surface area contributed by atoms with E-state index in [-0.39, 0.29) is 23.7 Å². The fourth-order valence-corrected chi connectivity index (χ4v) is 5.42. The van der Waals surface area contributed by atoms with E-state index in [0.717, 1.165) is 31.2 Å². The van der Waals surface area contributed by atoms with Crippen LogP contribution in [0.1, 0.15) is 59.0 Å². The first-order valence-electron chi connectivity index (χ1n) is 9.76. The molecule has 3 atom stereocenters. The van der Waals surface area contributed by atoms with Crippen molar-refractivity contribution in [3.63, 3.8) is 0 Å². The Hall–Kier alpha value is -2.14. The molecule has 1 saturated carbocycles. The van der Waals surface area contributed by atoms with Crippen LogP contribution in [-0.2, 0) is 22.4 Å². The average molecular weight is 384 g/mol. The molecule has 1 aromatic heterocycles. The highest BCUT2D eigenvalue weighted by Crippen LogP contribution is 2.48. The highest BCUT2D eigenvalue weighted by Gasteiger charge is 2.44. The number of fused-ring (bicyclic) bond motifs is 1. The van der Waals surface area contributed by atoms with Crippen LogP contribution in [0.15, 0.2) is 30.3 Å². The smallest absolute Gasteiger partial charge is 0.341 e. The second kappa shape index (κ2) is 7.47. The number of thiophene rings is 1. The third kappa shape index (κ3) is 3.65. The van der Waals surface area contributed by atoms with Crippen molar-refractivity contribution < 1.29 is 14.3 Å². The Kier molecular flexibility index (Phi) is 5.04. The number of esters is 1. The molecular formula is C22H25NO3S. The minimum Gasteiger partial charge on any atom is -0.462 e. The van der Waals surface area contributed by atoms with Gasteiger partial charge >= 0.3 is 5.97 Å². The zero-order chi connectivity index (χ0) is 19.0. The number of carbonyl (C=O) groups is 2. The lowest BCUT2D eigenvalue weighted by Gasteiger charge is -2.18. The number of hydrogen-bond donors (Lipinski definition) is 1. The van der Waals surface area contributed by atoms with Gasteiger partial charge < -0.3 is 10.1 Å². The number of amides is 1. The summed E-state index contributed by atoms with van der Waals surface area (Å²) >= 11 is 1.56. The van der Waals surface area contributed by atoms with Gasteiger partial charge in [-0.15, -0.1) is 11.3 Å². The number of ether oxygens (including phenoxy) is 1. The van der Waals surface area contributed by atoms with Crippen LogP contribution in [0.3, 0.4) is 0 Å². The molecule has 142 valence electrons.